The van der Waals surface area contributed by atoms with E-state index in [0.29, 0.717) is 33.3 Å². The number of rotatable bonds is 3. The van der Waals surface area contributed by atoms with Crippen LogP contribution in [0, 0.1) is 6.92 Å². The molecule has 0 aliphatic rings. The van der Waals surface area contributed by atoms with E-state index in [0.717, 1.165) is 0 Å². The monoisotopic (exact) mass is 365 g/mol. The molecule has 0 saturated heterocycles. The largest absolute Gasteiger partial charge is 0.289 e. The van der Waals surface area contributed by atoms with Gasteiger partial charge >= 0.3 is 0 Å². The molecule has 8 nitrogen and oxygen atoms in total. The average Bonchev–Trinajstić information content (AvgIpc) is 3.05. The Balaban J connectivity index is 1.66. The third-order valence-electron chi connectivity index (χ3n) is 3.61. The minimum absolute atomic E-state index is 0.133. The van der Waals surface area contributed by atoms with E-state index in [1.54, 1.807) is 43.5 Å². The summed E-state index contributed by atoms with van der Waals surface area (Å²) >= 11 is 5.95. The second-order valence-electron chi connectivity index (χ2n) is 5.46. The summed E-state index contributed by atoms with van der Waals surface area (Å²) in [6, 6.07) is 10.5. The van der Waals surface area contributed by atoms with Crippen molar-refractivity contribution in [2.45, 2.75) is 6.92 Å². The van der Waals surface area contributed by atoms with E-state index in [9.17, 15) is 4.79 Å². The molecule has 3 heterocycles. The van der Waals surface area contributed by atoms with Crippen molar-refractivity contribution in [1.29, 1.82) is 0 Å². The highest BCUT2D eigenvalue weighted by atomic mass is 35.5. The minimum atomic E-state index is -0.434. The van der Waals surface area contributed by atoms with E-state index in [1.165, 1.54) is 0 Å². The minimum Gasteiger partial charge on any atom is -0.289 e. The van der Waals surface area contributed by atoms with Crippen LogP contribution in [0.5, 0.6) is 0 Å². The second kappa shape index (κ2) is 6.49. The molecule has 3 aromatic heterocycles. The highest BCUT2D eigenvalue weighted by Crippen LogP contribution is 2.21. The fraction of sp³-hybridized carbons (Fsp3) is 0.0588. The maximum Gasteiger partial charge on any atom is 0.279 e. The van der Waals surface area contributed by atoms with Gasteiger partial charge in [0.05, 0.1) is 5.52 Å². The van der Waals surface area contributed by atoms with Crippen LogP contribution < -0.4 is 5.32 Å². The summed E-state index contributed by atoms with van der Waals surface area (Å²) in [5, 5.41) is 10.7. The van der Waals surface area contributed by atoms with Gasteiger partial charge < -0.3 is 0 Å². The van der Waals surface area contributed by atoms with E-state index in [-0.39, 0.29) is 11.6 Å². The molecule has 128 valence electrons. The fourth-order valence-electron chi connectivity index (χ4n) is 2.47. The molecule has 26 heavy (non-hydrogen) atoms. The van der Waals surface area contributed by atoms with Crippen LogP contribution in [0.4, 0.5) is 5.95 Å². The Morgan fingerprint density at radius 2 is 2.04 bits per heavy atom. The van der Waals surface area contributed by atoms with Gasteiger partial charge in [0, 0.05) is 16.6 Å². The van der Waals surface area contributed by atoms with Gasteiger partial charge in [0.15, 0.2) is 11.5 Å². The number of hydrogen-bond donors (Lipinski definition) is 2. The van der Waals surface area contributed by atoms with Crippen molar-refractivity contribution in [3.8, 4) is 11.5 Å². The number of nitrogens with zero attached hydrogens (tertiary/aromatic N) is 5. The Morgan fingerprint density at radius 3 is 2.85 bits per heavy atom. The average molecular weight is 366 g/mol. The molecule has 9 heteroatoms. The third-order valence-corrected chi connectivity index (χ3v) is 3.84. The first-order valence-electron chi connectivity index (χ1n) is 7.69. The Labute approximate surface area is 152 Å². The van der Waals surface area contributed by atoms with E-state index in [2.05, 4.69) is 35.5 Å². The molecule has 4 rings (SSSR count). The van der Waals surface area contributed by atoms with Gasteiger partial charge in [-0.3, -0.25) is 20.2 Å². The molecule has 0 spiro atoms. The quantitative estimate of drug-likeness (QED) is 0.577. The number of anilines is 1. The number of aromatic amines is 1. The summed E-state index contributed by atoms with van der Waals surface area (Å²) in [5.41, 5.74) is 1.49. The van der Waals surface area contributed by atoms with E-state index >= 15 is 0 Å². The lowest BCUT2D eigenvalue weighted by molar-refractivity contribution is 0.102. The molecule has 0 radical (unpaired) electrons. The first-order chi connectivity index (χ1) is 12.6. The number of pyridine rings is 1. The Morgan fingerprint density at radius 1 is 1.15 bits per heavy atom. The highest BCUT2D eigenvalue weighted by Gasteiger charge is 2.17. The SMILES string of the molecule is Cc1nc(NC(=O)c2n[nH]c3cc(Cl)ccc23)nc(-c2ccccn2)n1. The third kappa shape index (κ3) is 3.09. The molecule has 2 N–H and O–H groups in total. The van der Waals surface area contributed by atoms with Crippen LogP contribution in [0.25, 0.3) is 22.4 Å². The van der Waals surface area contributed by atoms with Crippen molar-refractivity contribution in [2.24, 2.45) is 0 Å². The van der Waals surface area contributed by atoms with Crippen molar-refractivity contribution in [3.63, 3.8) is 0 Å². The summed E-state index contributed by atoms with van der Waals surface area (Å²) in [6.45, 7) is 1.72. The lowest BCUT2D eigenvalue weighted by Gasteiger charge is -2.05. The lowest BCUT2D eigenvalue weighted by atomic mass is 10.2. The van der Waals surface area contributed by atoms with Crippen LogP contribution in [0.3, 0.4) is 0 Å². The second-order valence-corrected chi connectivity index (χ2v) is 5.90. The summed E-state index contributed by atoms with van der Waals surface area (Å²) in [4.78, 5) is 29.5. The van der Waals surface area contributed by atoms with Crippen LogP contribution >= 0.6 is 11.6 Å². The van der Waals surface area contributed by atoms with Crippen molar-refractivity contribution in [3.05, 3.63) is 59.1 Å². The number of aromatic nitrogens is 6. The Kier molecular flexibility index (Phi) is 4.02. The summed E-state index contributed by atoms with van der Waals surface area (Å²) in [7, 11) is 0. The normalized spacial score (nSPS) is 10.8. The smallest absolute Gasteiger partial charge is 0.279 e. The van der Waals surface area contributed by atoms with E-state index in [4.69, 9.17) is 11.6 Å². The standard InChI is InChI=1S/C17H12ClN7O/c1-9-20-15(12-4-2-3-7-19-12)22-17(21-9)23-16(26)14-11-6-5-10(18)8-13(11)24-25-14/h2-8H,1H3,(H,24,25)(H,20,21,22,23,26). The van der Waals surface area contributed by atoms with Crippen LogP contribution in [0.1, 0.15) is 16.3 Å². The molecule has 1 amide bonds. The molecule has 0 atom stereocenters. The molecule has 0 unspecified atom stereocenters. The summed E-state index contributed by atoms with van der Waals surface area (Å²) < 4.78 is 0. The number of hydrogen-bond acceptors (Lipinski definition) is 6. The number of amides is 1. The maximum atomic E-state index is 12.6. The van der Waals surface area contributed by atoms with Crippen LogP contribution in [0.15, 0.2) is 42.6 Å². The predicted molar refractivity (Wildman–Crippen MR) is 96.9 cm³/mol. The zero-order chi connectivity index (χ0) is 18.1. The van der Waals surface area contributed by atoms with Gasteiger partial charge in [-0.25, -0.2) is 4.98 Å². The van der Waals surface area contributed by atoms with E-state index < -0.39 is 5.91 Å². The number of carbonyl (C=O) groups excluding carboxylic acids is 1. The molecule has 4 aromatic rings. The highest BCUT2D eigenvalue weighted by molar-refractivity contribution is 6.31. The number of benzene rings is 1. The molecular formula is C17H12ClN7O. The molecule has 0 fully saturated rings. The first kappa shape index (κ1) is 16.1. The lowest BCUT2D eigenvalue weighted by Crippen LogP contribution is -2.16. The van der Waals surface area contributed by atoms with Gasteiger partial charge in [-0.15, -0.1) is 0 Å². The molecule has 0 saturated carbocycles. The number of H-pyrrole nitrogens is 1. The predicted octanol–water partition coefficient (Wildman–Crippen LogP) is 3.02. The van der Waals surface area contributed by atoms with Crippen molar-refractivity contribution in [2.75, 3.05) is 5.32 Å². The summed E-state index contributed by atoms with van der Waals surface area (Å²) in [6.07, 6.45) is 1.65. The molecule has 0 aliphatic heterocycles. The van der Waals surface area contributed by atoms with Gasteiger partial charge in [-0.1, -0.05) is 17.7 Å². The van der Waals surface area contributed by atoms with Crippen molar-refractivity contribution in [1.82, 2.24) is 30.1 Å². The van der Waals surface area contributed by atoms with Crippen molar-refractivity contribution >= 4 is 34.4 Å². The van der Waals surface area contributed by atoms with Crippen LogP contribution in [-0.4, -0.2) is 36.0 Å². The fourth-order valence-corrected chi connectivity index (χ4v) is 2.65. The van der Waals surface area contributed by atoms with Gasteiger partial charge in [-0.2, -0.15) is 15.1 Å². The number of carbonyl (C=O) groups is 1. The molecule has 0 bridgehead atoms. The number of fused-ring (bicyclic) bond motifs is 1. The summed E-state index contributed by atoms with van der Waals surface area (Å²) in [5.74, 6) is 0.547. The zero-order valence-corrected chi connectivity index (χ0v) is 14.3. The van der Waals surface area contributed by atoms with Crippen LogP contribution in [-0.2, 0) is 0 Å². The zero-order valence-electron chi connectivity index (χ0n) is 13.6. The molecular weight excluding hydrogens is 354 g/mol. The van der Waals surface area contributed by atoms with Crippen LogP contribution in [0.2, 0.25) is 5.02 Å². The first-order valence-corrected chi connectivity index (χ1v) is 8.07. The molecule has 1 aromatic carbocycles. The Bertz CT molecular complexity index is 1110. The number of nitrogens with one attached hydrogen (secondary N) is 2. The Hall–Kier alpha value is -3.39. The van der Waals surface area contributed by atoms with Gasteiger partial charge in [0.25, 0.3) is 5.91 Å². The number of halogens is 1. The van der Waals surface area contributed by atoms with Gasteiger partial charge in [0.2, 0.25) is 5.95 Å². The van der Waals surface area contributed by atoms with Gasteiger partial charge in [-0.05, 0) is 37.3 Å². The van der Waals surface area contributed by atoms with E-state index in [1.807, 2.05) is 6.07 Å². The number of aryl methyl sites for hydroxylation is 1. The van der Waals surface area contributed by atoms with Crippen molar-refractivity contribution < 1.29 is 4.79 Å². The van der Waals surface area contributed by atoms with Gasteiger partial charge in [0.1, 0.15) is 11.5 Å². The topological polar surface area (TPSA) is 109 Å². The molecule has 0 aliphatic carbocycles. The maximum absolute atomic E-state index is 12.6.